The van der Waals surface area contributed by atoms with E-state index in [9.17, 15) is 14.7 Å². The van der Waals surface area contributed by atoms with E-state index in [-0.39, 0.29) is 24.1 Å². The van der Waals surface area contributed by atoms with E-state index in [1.54, 1.807) is 0 Å². The minimum absolute atomic E-state index is 0.0561. The number of aliphatic hydroxyl groups is 1. The fourth-order valence-corrected chi connectivity index (χ4v) is 5.05. The van der Waals surface area contributed by atoms with Gasteiger partial charge in [-0.05, 0) is 95.9 Å². The third kappa shape index (κ3) is 7.44. The van der Waals surface area contributed by atoms with Crippen LogP contribution in [-0.2, 0) is 16.1 Å². The van der Waals surface area contributed by atoms with Crippen molar-refractivity contribution >= 4 is 17.7 Å². The summed E-state index contributed by atoms with van der Waals surface area (Å²) in [4.78, 5) is 29.4. The van der Waals surface area contributed by atoms with E-state index in [0.29, 0.717) is 18.9 Å². The monoisotopic (exact) mass is 473 g/mol. The van der Waals surface area contributed by atoms with Crippen molar-refractivity contribution in [1.82, 2.24) is 9.80 Å². The number of aliphatic hydroxyl groups excluding tert-OH is 1. The lowest BCUT2D eigenvalue weighted by molar-refractivity contribution is -0.117. The molecule has 0 unspecified atom stereocenters. The first-order valence-electron chi connectivity index (χ1n) is 12.7. The van der Waals surface area contributed by atoms with Crippen molar-refractivity contribution in [3.8, 4) is 0 Å². The number of amides is 2. The van der Waals surface area contributed by atoms with Gasteiger partial charge in [0.05, 0.1) is 6.10 Å². The molecule has 2 fully saturated rings. The van der Waals surface area contributed by atoms with Gasteiger partial charge in [0.15, 0.2) is 0 Å². The quantitative estimate of drug-likeness (QED) is 0.652. The number of aryl methyl sites for hydroxylation is 1. The zero-order chi connectivity index (χ0) is 25.0. The molecule has 1 heterocycles. The molecule has 1 aromatic rings. The number of piperazine rings is 1. The Bertz CT molecular complexity index is 871. The minimum atomic E-state index is -0.494. The van der Waals surface area contributed by atoms with Gasteiger partial charge in [-0.3, -0.25) is 9.69 Å². The zero-order valence-corrected chi connectivity index (χ0v) is 21.8. The van der Waals surface area contributed by atoms with Crippen molar-refractivity contribution in [2.24, 2.45) is 5.92 Å². The number of carbonyl (C=O) groups is 2. The van der Waals surface area contributed by atoms with E-state index in [0.717, 1.165) is 62.1 Å². The van der Waals surface area contributed by atoms with Crippen LogP contribution < -0.4 is 5.32 Å². The van der Waals surface area contributed by atoms with E-state index in [2.05, 4.69) is 37.1 Å². The maximum Gasteiger partial charge on any atom is 0.410 e. The third-order valence-corrected chi connectivity index (χ3v) is 6.96. The molecule has 0 radical (unpaired) electrons. The van der Waals surface area contributed by atoms with Gasteiger partial charge >= 0.3 is 6.09 Å². The van der Waals surface area contributed by atoms with Crippen LogP contribution in [0.2, 0.25) is 0 Å². The van der Waals surface area contributed by atoms with Crippen molar-refractivity contribution in [2.75, 3.05) is 25.0 Å². The highest BCUT2D eigenvalue weighted by Crippen LogP contribution is 2.29. The summed E-state index contributed by atoms with van der Waals surface area (Å²) >= 11 is 0. The van der Waals surface area contributed by atoms with Crippen molar-refractivity contribution in [1.29, 1.82) is 0 Å². The summed E-state index contributed by atoms with van der Waals surface area (Å²) in [6.07, 6.45) is 3.49. The molecule has 2 aliphatic rings. The van der Waals surface area contributed by atoms with Crippen molar-refractivity contribution in [3.05, 3.63) is 28.8 Å². The molecule has 1 saturated carbocycles. The number of benzene rings is 1. The van der Waals surface area contributed by atoms with Crippen molar-refractivity contribution < 1.29 is 19.4 Å². The summed E-state index contributed by atoms with van der Waals surface area (Å²) in [6, 6.07) is 4.31. The van der Waals surface area contributed by atoms with Gasteiger partial charge < -0.3 is 20.1 Å². The van der Waals surface area contributed by atoms with Crippen LogP contribution in [0.15, 0.2) is 12.1 Å². The fourth-order valence-electron chi connectivity index (χ4n) is 5.05. The van der Waals surface area contributed by atoms with Crippen molar-refractivity contribution in [3.63, 3.8) is 0 Å². The lowest BCUT2D eigenvalue weighted by Crippen LogP contribution is -2.54. The normalized spacial score (nSPS) is 24.1. The minimum Gasteiger partial charge on any atom is -0.444 e. The maximum atomic E-state index is 12.7. The van der Waals surface area contributed by atoms with Crippen LogP contribution in [0, 0.1) is 19.8 Å². The van der Waals surface area contributed by atoms with Crippen LogP contribution in [0.4, 0.5) is 10.5 Å². The van der Waals surface area contributed by atoms with Gasteiger partial charge in [-0.15, -0.1) is 0 Å². The molecule has 0 spiro atoms. The first kappa shape index (κ1) is 26.5. The number of ether oxygens (including phenoxy) is 1. The molecule has 1 aliphatic heterocycles. The highest BCUT2D eigenvalue weighted by Gasteiger charge is 2.31. The van der Waals surface area contributed by atoms with Crippen LogP contribution in [-0.4, -0.2) is 64.3 Å². The Balaban J connectivity index is 1.59. The van der Waals surface area contributed by atoms with E-state index in [4.69, 9.17) is 4.74 Å². The molecule has 3 rings (SSSR count). The summed E-state index contributed by atoms with van der Waals surface area (Å²) in [6.45, 7) is 14.9. The molecule has 1 aromatic carbocycles. The van der Waals surface area contributed by atoms with Crippen LogP contribution in [0.3, 0.4) is 0 Å². The molecule has 190 valence electrons. The van der Waals surface area contributed by atoms with Crippen molar-refractivity contribution in [2.45, 2.75) is 97.9 Å². The largest absolute Gasteiger partial charge is 0.444 e. The Labute approximate surface area is 204 Å². The van der Waals surface area contributed by atoms with E-state index in [1.165, 1.54) is 5.56 Å². The summed E-state index contributed by atoms with van der Waals surface area (Å²) in [5.74, 6) is 0.413. The second-order valence-corrected chi connectivity index (χ2v) is 11.3. The molecule has 7 nitrogen and oxygen atoms in total. The average molecular weight is 474 g/mol. The first-order chi connectivity index (χ1) is 15.9. The number of hydrogen-bond acceptors (Lipinski definition) is 5. The molecule has 34 heavy (non-hydrogen) atoms. The summed E-state index contributed by atoms with van der Waals surface area (Å²) in [5, 5.41) is 12.9. The molecular formula is C27H43N3O4. The maximum absolute atomic E-state index is 12.7. The molecule has 1 saturated heterocycles. The summed E-state index contributed by atoms with van der Waals surface area (Å²) < 4.78 is 5.56. The van der Waals surface area contributed by atoms with E-state index >= 15 is 0 Å². The second kappa shape index (κ2) is 11.1. The molecule has 2 amide bonds. The fraction of sp³-hybridized carbons (Fsp3) is 0.704. The Morgan fingerprint density at radius 2 is 1.79 bits per heavy atom. The predicted molar refractivity (Wildman–Crippen MR) is 135 cm³/mol. The van der Waals surface area contributed by atoms with Gasteiger partial charge in [0.1, 0.15) is 5.60 Å². The standard InChI is InChI=1S/C27H43N3O4/c1-18-13-22(17-29-11-12-30(19(2)16-29)26(33)34-27(4,5)6)20(3)24(14-18)28-25(32)15-21-7-9-23(31)10-8-21/h13-14,19,21,23,31H,7-12,15-17H2,1-6H3,(H,28,32)/t19-,21?,23?/m0/s1. The predicted octanol–water partition coefficient (Wildman–Crippen LogP) is 4.62. The molecule has 0 bridgehead atoms. The van der Waals surface area contributed by atoms with Crippen LogP contribution in [0.1, 0.15) is 76.5 Å². The van der Waals surface area contributed by atoms with Gasteiger partial charge in [0.2, 0.25) is 5.91 Å². The topological polar surface area (TPSA) is 82.1 Å². The lowest BCUT2D eigenvalue weighted by Gasteiger charge is -2.40. The Morgan fingerprint density at radius 1 is 1.12 bits per heavy atom. The van der Waals surface area contributed by atoms with Gasteiger partial charge in [-0.2, -0.15) is 0 Å². The number of nitrogens with one attached hydrogen (secondary N) is 1. The van der Waals surface area contributed by atoms with Gasteiger partial charge in [0.25, 0.3) is 0 Å². The van der Waals surface area contributed by atoms with Gasteiger partial charge in [-0.1, -0.05) is 6.07 Å². The molecule has 0 aromatic heterocycles. The summed E-state index contributed by atoms with van der Waals surface area (Å²) in [7, 11) is 0. The highest BCUT2D eigenvalue weighted by atomic mass is 16.6. The Hall–Kier alpha value is -2.12. The lowest BCUT2D eigenvalue weighted by atomic mass is 9.85. The second-order valence-electron chi connectivity index (χ2n) is 11.3. The smallest absolute Gasteiger partial charge is 0.410 e. The van der Waals surface area contributed by atoms with Crippen LogP contribution in [0.5, 0.6) is 0 Å². The number of anilines is 1. The number of nitrogens with zero attached hydrogens (tertiary/aromatic N) is 2. The van der Waals surface area contributed by atoms with E-state index < -0.39 is 5.60 Å². The van der Waals surface area contributed by atoms with Gasteiger partial charge in [0, 0.05) is 44.3 Å². The summed E-state index contributed by atoms with van der Waals surface area (Å²) in [5.41, 5.74) is 3.81. The van der Waals surface area contributed by atoms with E-state index in [1.807, 2.05) is 31.7 Å². The zero-order valence-electron chi connectivity index (χ0n) is 21.8. The third-order valence-electron chi connectivity index (χ3n) is 6.96. The number of hydrogen-bond donors (Lipinski definition) is 2. The highest BCUT2D eigenvalue weighted by molar-refractivity contribution is 5.92. The Morgan fingerprint density at radius 3 is 2.41 bits per heavy atom. The molecular weight excluding hydrogens is 430 g/mol. The molecule has 2 N–H and O–H groups in total. The molecule has 1 atom stereocenters. The SMILES string of the molecule is Cc1cc(CN2CCN(C(=O)OC(C)(C)C)[C@@H](C)C2)c(C)c(NC(=O)CC2CCC(O)CC2)c1. The molecule has 7 heteroatoms. The van der Waals surface area contributed by atoms with Crippen LogP contribution in [0.25, 0.3) is 0 Å². The first-order valence-corrected chi connectivity index (χ1v) is 12.7. The molecule has 1 aliphatic carbocycles. The van der Waals surface area contributed by atoms with Gasteiger partial charge in [-0.25, -0.2) is 4.79 Å². The van der Waals surface area contributed by atoms with Crippen LogP contribution >= 0.6 is 0 Å². The Kier molecular flexibility index (Phi) is 8.63. The number of carbonyl (C=O) groups excluding carboxylic acids is 2. The average Bonchev–Trinajstić information content (AvgIpc) is 2.72. The number of rotatable bonds is 5.